The highest BCUT2D eigenvalue weighted by atomic mass is 19.4. The summed E-state index contributed by atoms with van der Waals surface area (Å²) in [4.78, 5) is 2.28. The SMILES string of the molecule is COCC(c1ccc(C(F)(F)F)cc1)N1CCNC[C@@H]1C. The normalized spacial score (nSPS) is 22.2. The number of benzene rings is 1. The van der Waals surface area contributed by atoms with Crippen LogP contribution in [0.25, 0.3) is 0 Å². The minimum Gasteiger partial charge on any atom is -0.383 e. The Hall–Kier alpha value is -1.11. The van der Waals surface area contributed by atoms with E-state index in [0.717, 1.165) is 37.3 Å². The average molecular weight is 302 g/mol. The molecule has 0 aliphatic carbocycles. The highest BCUT2D eigenvalue weighted by Crippen LogP contribution is 2.31. The van der Waals surface area contributed by atoms with Gasteiger partial charge in [-0.2, -0.15) is 13.2 Å². The van der Waals surface area contributed by atoms with Crippen molar-refractivity contribution in [3.05, 3.63) is 35.4 Å². The van der Waals surface area contributed by atoms with Crippen LogP contribution in [0.1, 0.15) is 24.1 Å². The molecular weight excluding hydrogens is 281 g/mol. The first-order valence-electron chi connectivity index (χ1n) is 7.06. The number of methoxy groups -OCH3 is 1. The number of hydrogen-bond acceptors (Lipinski definition) is 3. The van der Waals surface area contributed by atoms with Crippen LogP contribution >= 0.6 is 0 Å². The van der Waals surface area contributed by atoms with Gasteiger partial charge in [-0.25, -0.2) is 0 Å². The molecule has 1 saturated heterocycles. The van der Waals surface area contributed by atoms with Crippen molar-refractivity contribution in [2.75, 3.05) is 33.4 Å². The maximum absolute atomic E-state index is 12.6. The van der Waals surface area contributed by atoms with E-state index in [9.17, 15) is 13.2 Å². The summed E-state index contributed by atoms with van der Waals surface area (Å²) < 4.78 is 43.2. The molecular formula is C15H21F3N2O. The Morgan fingerprint density at radius 3 is 2.52 bits per heavy atom. The fourth-order valence-corrected chi connectivity index (χ4v) is 2.76. The van der Waals surface area contributed by atoms with Crippen molar-refractivity contribution in [3.63, 3.8) is 0 Å². The molecule has 1 aliphatic rings. The zero-order valence-corrected chi connectivity index (χ0v) is 12.3. The number of halogens is 3. The lowest BCUT2D eigenvalue weighted by atomic mass is 10.0. The van der Waals surface area contributed by atoms with Gasteiger partial charge in [0.15, 0.2) is 0 Å². The maximum Gasteiger partial charge on any atom is 0.416 e. The van der Waals surface area contributed by atoms with Gasteiger partial charge < -0.3 is 10.1 Å². The summed E-state index contributed by atoms with van der Waals surface area (Å²) in [5.74, 6) is 0. The standard InChI is InChI=1S/C15H21F3N2O/c1-11-9-19-7-8-20(11)14(10-21-2)12-3-5-13(6-4-12)15(16,17)18/h3-6,11,14,19H,7-10H2,1-2H3/t11-,14?/m0/s1. The monoisotopic (exact) mass is 302 g/mol. The summed E-state index contributed by atoms with van der Waals surface area (Å²) in [5.41, 5.74) is 0.245. The van der Waals surface area contributed by atoms with Crippen LogP contribution in [0.5, 0.6) is 0 Å². The van der Waals surface area contributed by atoms with Crippen molar-refractivity contribution in [3.8, 4) is 0 Å². The molecule has 0 amide bonds. The number of rotatable bonds is 4. The van der Waals surface area contributed by atoms with Crippen LogP contribution in [-0.2, 0) is 10.9 Å². The van der Waals surface area contributed by atoms with Crippen LogP contribution in [0.2, 0.25) is 0 Å². The Morgan fingerprint density at radius 1 is 1.33 bits per heavy atom. The molecule has 1 N–H and O–H groups in total. The van der Waals surface area contributed by atoms with Crippen LogP contribution < -0.4 is 5.32 Å². The molecule has 0 aromatic heterocycles. The van der Waals surface area contributed by atoms with Gasteiger partial charge in [0.05, 0.1) is 18.2 Å². The zero-order valence-electron chi connectivity index (χ0n) is 12.3. The number of hydrogen-bond donors (Lipinski definition) is 1. The Kier molecular flexibility index (Phi) is 5.24. The molecule has 2 rings (SSSR count). The number of alkyl halides is 3. The highest BCUT2D eigenvalue weighted by Gasteiger charge is 2.31. The zero-order chi connectivity index (χ0) is 15.5. The number of nitrogens with one attached hydrogen (secondary N) is 1. The van der Waals surface area contributed by atoms with Crippen LogP contribution in [0, 0.1) is 0 Å². The predicted molar refractivity (Wildman–Crippen MR) is 75.1 cm³/mol. The first kappa shape index (κ1) is 16.3. The summed E-state index contributed by atoms with van der Waals surface area (Å²) in [6.45, 7) is 5.19. The number of ether oxygens (including phenoxy) is 1. The second-order valence-electron chi connectivity index (χ2n) is 5.38. The maximum atomic E-state index is 12.6. The topological polar surface area (TPSA) is 24.5 Å². The second kappa shape index (κ2) is 6.77. The Bertz CT molecular complexity index is 447. The van der Waals surface area contributed by atoms with E-state index in [2.05, 4.69) is 17.1 Å². The van der Waals surface area contributed by atoms with Gasteiger partial charge in [0.2, 0.25) is 0 Å². The molecule has 1 heterocycles. The van der Waals surface area contributed by atoms with Crippen molar-refractivity contribution >= 4 is 0 Å². The summed E-state index contributed by atoms with van der Waals surface area (Å²) in [6, 6.07) is 5.70. The molecule has 0 spiro atoms. The fourth-order valence-electron chi connectivity index (χ4n) is 2.76. The van der Waals surface area contributed by atoms with E-state index in [0.29, 0.717) is 12.6 Å². The summed E-state index contributed by atoms with van der Waals surface area (Å²) in [6.07, 6.45) is -4.29. The van der Waals surface area contributed by atoms with Crippen molar-refractivity contribution in [2.24, 2.45) is 0 Å². The summed E-state index contributed by atoms with van der Waals surface area (Å²) in [7, 11) is 1.62. The van der Waals surface area contributed by atoms with Crippen LogP contribution in [0.4, 0.5) is 13.2 Å². The van der Waals surface area contributed by atoms with Gasteiger partial charge in [-0.1, -0.05) is 12.1 Å². The fraction of sp³-hybridized carbons (Fsp3) is 0.600. The molecule has 6 heteroatoms. The van der Waals surface area contributed by atoms with Gasteiger partial charge in [0.1, 0.15) is 0 Å². The van der Waals surface area contributed by atoms with E-state index in [4.69, 9.17) is 4.74 Å². The first-order valence-corrected chi connectivity index (χ1v) is 7.06. The lowest BCUT2D eigenvalue weighted by Gasteiger charge is -2.40. The van der Waals surface area contributed by atoms with Gasteiger partial charge in [0.25, 0.3) is 0 Å². The molecule has 0 bridgehead atoms. The third-order valence-electron chi connectivity index (χ3n) is 3.90. The molecule has 3 nitrogen and oxygen atoms in total. The molecule has 1 aromatic rings. The molecule has 1 aromatic carbocycles. The van der Waals surface area contributed by atoms with E-state index < -0.39 is 11.7 Å². The van der Waals surface area contributed by atoms with Gasteiger partial charge in [0, 0.05) is 32.8 Å². The molecule has 1 aliphatic heterocycles. The van der Waals surface area contributed by atoms with Gasteiger partial charge in [-0.3, -0.25) is 4.90 Å². The van der Waals surface area contributed by atoms with E-state index in [1.54, 1.807) is 19.2 Å². The highest BCUT2D eigenvalue weighted by molar-refractivity contribution is 5.27. The predicted octanol–water partition coefficient (Wildman–Crippen LogP) is 2.69. The van der Waals surface area contributed by atoms with Crippen molar-refractivity contribution < 1.29 is 17.9 Å². The first-order chi connectivity index (χ1) is 9.93. The number of nitrogens with zero attached hydrogens (tertiary/aromatic N) is 1. The Labute approximate surface area is 123 Å². The number of piperazine rings is 1. The third-order valence-corrected chi connectivity index (χ3v) is 3.90. The van der Waals surface area contributed by atoms with E-state index in [-0.39, 0.29) is 6.04 Å². The molecule has 21 heavy (non-hydrogen) atoms. The lowest BCUT2D eigenvalue weighted by molar-refractivity contribution is -0.137. The van der Waals surface area contributed by atoms with Gasteiger partial charge >= 0.3 is 6.18 Å². The molecule has 2 atom stereocenters. The average Bonchev–Trinajstić information content (AvgIpc) is 2.45. The smallest absolute Gasteiger partial charge is 0.383 e. The van der Waals surface area contributed by atoms with Crippen molar-refractivity contribution in [1.29, 1.82) is 0 Å². The molecule has 1 fully saturated rings. The van der Waals surface area contributed by atoms with Gasteiger partial charge in [-0.05, 0) is 24.6 Å². The van der Waals surface area contributed by atoms with E-state index in [1.807, 2.05) is 0 Å². The molecule has 118 valence electrons. The molecule has 0 saturated carbocycles. The largest absolute Gasteiger partial charge is 0.416 e. The Balaban J connectivity index is 2.21. The summed E-state index contributed by atoms with van der Waals surface area (Å²) >= 11 is 0. The van der Waals surface area contributed by atoms with Crippen molar-refractivity contribution in [1.82, 2.24) is 10.2 Å². The van der Waals surface area contributed by atoms with Crippen LogP contribution in [0.15, 0.2) is 24.3 Å². The van der Waals surface area contributed by atoms with E-state index >= 15 is 0 Å². The summed E-state index contributed by atoms with van der Waals surface area (Å²) in [5, 5.41) is 3.31. The third kappa shape index (κ3) is 3.96. The molecule has 0 radical (unpaired) electrons. The minimum absolute atomic E-state index is 0.0191. The quantitative estimate of drug-likeness (QED) is 0.925. The van der Waals surface area contributed by atoms with Gasteiger partial charge in [-0.15, -0.1) is 0 Å². The Morgan fingerprint density at radius 2 is 2.00 bits per heavy atom. The van der Waals surface area contributed by atoms with Crippen LogP contribution in [0.3, 0.4) is 0 Å². The minimum atomic E-state index is -4.29. The molecule has 1 unspecified atom stereocenters. The van der Waals surface area contributed by atoms with Crippen LogP contribution in [-0.4, -0.2) is 44.3 Å². The van der Waals surface area contributed by atoms with E-state index in [1.165, 1.54) is 0 Å². The van der Waals surface area contributed by atoms with Crippen molar-refractivity contribution in [2.45, 2.75) is 25.2 Å². The second-order valence-corrected chi connectivity index (χ2v) is 5.38. The lowest BCUT2D eigenvalue weighted by Crippen LogP contribution is -2.51.